The van der Waals surface area contributed by atoms with E-state index in [1.165, 1.54) is 0 Å². The molecule has 4 aliphatic rings. The molecule has 0 bridgehead atoms. The Morgan fingerprint density at radius 3 is 2.61 bits per heavy atom. The van der Waals surface area contributed by atoms with Gasteiger partial charge < -0.3 is 25.0 Å². The van der Waals surface area contributed by atoms with Crippen LogP contribution in [0.2, 0.25) is 0 Å². The van der Waals surface area contributed by atoms with Crippen LogP contribution in [0, 0.1) is 11.3 Å². The molecule has 172 valence electrons. The van der Waals surface area contributed by atoms with E-state index in [0.29, 0.717) is 43.1 Å². The largest absolute Gasteiger partial charge is 0.486 e. The standard InChI is InChI=1S/C24H29N7O2/c25-11-17-9-22-21(10-19(17)16-1-3-30(4-2-16)18-12-26-13-18)29-23-20(14-33-22)24(28-15-27-23)31-5-7-32-8-6-31/h9-10,15-16,18,26H,1-8,12-14H2,(H,27,28,29). The molecule has 3 fully saturated rings. The molecule has 4 aliphatic heterocycles. The van der Waals surface area contributed by atoms with Crippen LogP contribution in [0.1, 0.15) is 35.4 Å². The average molecular weight is 448 g/mol. The summed E-state index contributed by atoms with van der Waals surface area (Å²) in [5, 5.41) is 16.8. The molecule has 2 N–H and O–H groups in total. The van der Waals surface area contributed by atoms with Gasteiger partial charge in [0.05, 0.1) is 36.1 Å². The van der Waals surface area contributed by atoms with Crippen LogP contribution in [0.25, 0.3) is 0 Å². The Bertz CT molecular complexity index is 1070. The molecule has 0 atom stereocenters. The lowest BCUT2D eigenvalue weighted by Crippen LogP contribution is -2.58. The van der Waals surface area contributed by atoms with Crippen LogP contribution in [-0.2, 0) is 11.3 Å². The number of anilines is 3. The Kier molecular flexibility index (Phi) is 5.50. The number of nitriles is 1. The second-order valence-corrected chi connectivity index (χ2v) is 9.21. The van der Waals surface area contributed by atoms with Gasteiger partial charge in [-0.15, -0.1) is 0 Å². The molecule has 0 spiro atoms. The first-order valence-electron chi connectivity index (χ1n) is 11.9. The minimum absolute atomic E-state index is 0.362. The quantitative estimate of drug-likeness (QED) is 0.732. The zero-order chi connectivity index (χ0) is 22.2. The summed E-state index contributed by atoms with van der Waals surface area (Å²) in [7, 11) is 0. The van der Waals surface area contributed by atoms with Crippen molar-refractivity contribution in [2.45, 2.75) is 31.4 Å². The smallest absolute Gasteiger partial charge is 0.144 e. The zero-order valence-corrected chi connectivity index (χ0v) is 18.7. The van der Waals surface area contributed by atoms with Gasteiger partial charge in [0, 0.05) is 38.3 Å². The van der Waals surface area contributed by atoms with Crippen molar-refractivity contribution in [2.75, 3.05) is 62.7 Å². The normalized spacial score (nSPS) is 21.6. The fraction of sp³-hybridized carbons (Fsp3) is 0.542. The third-order valence-corrected chi connectivity index (χ3v) is 7.38. The van der Waals surface area contributed by atoms with Gasteiger partial charge in [-0.1, -0.05) is 0 Å². The van der Waals surface area contributed by atoms with Gasteiger partial charge in [-0.05, 0) is 43.5 Å². The van der Waals surface area contributed by atoms with Crippen LogP contribution < -0.4 is 20.3 Å². The van der Waals surface area contributed by atoms with Crippen molar-refractivity contribution in [3.63, 3.8) is 0 Å². The number of ether oxygens (including phenoxy) is 2. The molecule has 0 unspecified atom stereocenters. The topological polar surface area (TPSA) is 98.6 Å². The van der Waals surface area contributed by atoms with Crippen molar-refractivity contribution in [1.29, 1.82) is 5.26 Å². The summed E-state index contributed by atoms with van der Waals surface area (Å²) in [6.07, 6.45) is 3.76. The fourth-order valence-corrected chi connectivity index (χ4v) is 5.32. The van der Waals surface area contributed by atoms with E-state index in [9.17, 15) is 5.26 Å². The molecule has 33 heavy (non-hydrogen) atoms. The lowest BCUT2D eigenvalue weighted by atomic mass is 9.85. The molecular weight excluding hydrogens is 418 g/mol. The molecule has 2 aromatic rings. The molecule has 1 aromatic carbocycles. The summed E-state index contributed by atoms with van der Waals surface area (Å²) in [5.41, 5.74) is 3.65. The number of morpholine rings is 1. The van der Waals surface area contributed by atoms with Gasteiger partial charge in [-0.2, -0.15) is 5.26 Å². The molecule has 9 heteroatoms. The average Bonchev–Trinajstić information content (AvgIpc) is 3.02. The number of aromatic nitrogens is 2. The Balaban J connectivity index is 1.27. The van der Waals surface area contributed by atoms with Crippen molar-refractivity contribution in [3.05, 3.63) is 35.2 Å². The van der Waals surface area contributed by atoms with Crippen LogP contribution in [0.5, 0.6) is 5.75 Å². The number of likely N-dealkylation sites (tertiary alicyclic amines) is 1. The highest BCUT2D eigenvalue weighted by Gasteiger charge is 2.31. The maximum Gasteiger partial charge on any atom is 0.144 e. The van der Waals surface area contributed by atoms with E-state index in [1.807, 2.05) is 6.07 Å². The number of nitrogens with zero attached hydrogens (tertiary/aromatic N) is 5. The monoisotopic (exact) mass is 447 g/mol. The Labute approximate surface area is 193 Å². The van der Waals surface area contributed by atoms with Crippen LogP contribution in [-0.4, -0.2) is 73.4 Å². The number of hydrogen-bond acceptors (Lipinski definition) is 9. The van der Waals surface area contributed by atoms with Gasteiger partial charge in [0.2, 0.25) is 0 Å². The van der Waals surface area contributed by atoms with Crippen molar-refractivity contribution >= 4 is 17.3 Å². The second-order valence-electron chi connectivity index (χ2n) is 9.21. The molecule has 0 radical (unpaired) electrons. The fourth-order valence-electron chi connectivity index (χ4n) is 5.32. The van der Waals surface area contributed by atoms with Gasteiger partial charge in [0.1, 0.15) is 30.3 Å². The molecular formula is C24H29N7O2. The van der Waals surface area contributed by atoms with E-state index in [0.717, 1.165) is 80.6 Å². The predicted octanol–water partition coefficient (Wildman–Crippen LogP) is 1.97. The minimum atomic E-state index is 0.362. The molecule has 5 heterocycles. The molecule has 6 rings (SSSR count). The minimum Gasteiger partial charge on any atom is -0.486 e. The summed E-state index contributed by atoms with van der Waals surface area (Å²) in [6, 6.07) is 7.12. The van der Waals surface area contributed by atoms with Crippen molar-refractivity contribution in [1.82, 2.24) is 20.2 Å². The number of fused-ring (bicyclic) bond motifs is 2. The summed E-state index contributed by atoms with van der Waals surface area (Å²) in [5.74, 6) is 2.74. The third-order valence-electron chi connectivity index (χ3n) is 7.38. The van der Waals surface area contributed by atoms with E-state index in [4.69, 9.17) is 9.47 Å². The SMILES string of the molecule is N#Cc1cc2c(cc1C1CCN(C3CNC3)CC1)Nc1ncnc(N3CCOCC3)c1CO2. The Morgan fingerprint density at radius 1 is 1.06 bits per heavy atom. The molecule has 3 saturated heterocycles. The number of benzene rings is 1. The van der Waals surface area contributed by atoms with Crippen LogP contribution >= 0.6 is 0 Å². The Hall–Kier alpha value is -2.93. The van der Waals surface area contributed by atoms with Crippen LogP contribution in [0.3, 0.4) is 0 Å². The maximum absolute atomic E-state index is 9.91. The van der Waals surface area contributed by atoms with Gasteiger partial charge >= 0.3 is 0 Å². The zero-order valence-electron chi connectivity index (χ0n) is 18.7. The van der Waals surface area contributed by atoms with Gasteiger partial charge in [0.15, 0.2) is 0 Å². The predicted molar refractivity (Wildman–Crippen MR) is 124 cm³/mol. The van der Waals surface area contributed by atoms with Gasteiger partial charge in [-0.3, -0.25) is 4.90 Å². The lowest BCUT2D eigenvalue weighted by molar-refractivity contribution is 0.113. The Morgan fingerprint density at radius 2 is 1.88 bits per heavy atom. The van der Waals surface area contributed by atoms with E-state index in [2.05, 4.69) is 42.5 Å². The van der Waals surface area contributed by atoms with Crippen LogP contribution in [0.4, 0.5) is 17.3 Å². The van der Waals surface area contributed by atoms with E-state index >= 15 is 0 Å². The van der Waals surface area contributed by atoms with Gasteiger partial charge in [0.25, 0.3) is 0 Å². The summed E-state index contributed by atoms with van der Waals surface area (Å²) < 4.78 is 11.7. The molecule has 1 aromatic heterocycles. The highest BCUT2D eigenvalue weighted by molar-refractivity contribution is 5.73. The van der Waals surface area contributed by atoms with Crippen molar-refractivity contribution in [2.24, 2.45) is 0 Å². The molecule has 0 amide bonds. The first-order valence-corrected chi connectivity index (χ1v) is 11.9. The number of nitrogens with one attached hydrogen (secondary N) is 2. The van der Waals surface area contributed by atoms with Crippen molar-refractivity contribution in [3.8, 4) is 11.8 Å². The van der Waals surface area contributed by atoms with E-state index < -0.39 is 0 Å². The van der Waals surface area contributed by atoms with Gasteiger partial charge in [-0.25, -0.2) is 9.97 Å². The number of rotatable bonds is 3. The molecule has 0 aliphatic carbocycles. The first kappa shape index (κ1) is 20.7. The van der Waals surface area contributed by atoms with E-state index in [-0.39, 0.29) is 0 Å². The molecule has 0 saturated carbocycles. The van der Waals surface area contributed by atoms with Crippen molar-refractivity contribution < 1.29 is 9.47 Å². The highest BCUT2D eigenvalue weighted by Crippen LogP contribution is 2.41. The maximum atomic E-state index is 9.91. The molecule has 9 nitrogen and oxygen atoms in total. The summed E-state index contributed by atoms with van der Waals surface area (Å²) in [6.45, 7) is 7.72. The third kappa shape index (κ3) is 3.88. The summed E-state index contributed by atoms with van der Waals surface area (Å²) in [4.78, 5) is 13.9. The lowest BCUT2D eigenvalue weighted by Gasteiger charge is -2.42. The highest BCUT2D eigenvalue weighted by atomic mass is 16.5. The van der Waals surface area contributed by atoms with E-state index in [1.54, 1.807) is 6.33 Å². The first-order chi connectivity index (χ1) is 16.3. The second kappa shape index (κ2) is 8.78. The number of piperidine rings is 1. The summed E-state index contributed by atoms with van der Waals surface area (Å²) >= 11 is 0. The number of hydrogen-bond donors (Lipinski definition) is 2. The van der Waals surface area contributed by atoms with Crippen LogP contribution in [0.15, 0.2) is 18.5 Å².